The Kier molecular flexibility index (Phi) is 6.07. The summed E-state index contributed by atoms with van der Waals surface area (Å²) in [6.07, 6.45) is 2.47. The molecule has 0 aromatic heterocycles. The molecule has 0 radical (unpaired) electrons. The van der Waals surface area contributed by atoms with E-state index in [-0.39, 0.29) is 12.5 Å². The third-order valence-corrected chi connectivity index (χ3v) is 4.17. The fraction of sp³-hybridized carbons (Fsp3) is 0.500. The van der Waals surface area contributed by atoms with Crippen LogP contribution in [0.25, 0.3) is 0 Å². The molecular formula is C16H21ClN2O3. The lowest BCUT2D eigenvalue weighted by molar-refractivity contribution is -0.123. The van der Waals surface area contributed by atoms with Gasteiger partial charge in [-0.2, -0.15) is 0 Å². The summed E-state index contributed by atoms with van der Waals surface area (Å²) in [6, 6.07) is 7.91. The maximum atomic E-state index is 11.8. The van der Waals surface area contributed by atoms with E-state index >= 15 is 0 Å². The fourth-order valence-electron chi connectivity index (χ4n) is 2.56. The molecule has 1 aliphatic heterocycles. The first-order valence-electron chi connectivity index (χ1n) is 7.45. The standard InChI is InChI=1S/C16H21ClN2O3/c1-18-15(20)11-22-16(21)19-8-6-13(7-9-19)10-12-2-4-14(17)5-3-12/h2-5,13H,6-11H2,1H3,(H,18,20). The van der Waals surface area contributed by atoms with Crippen LogP contribution in [0.5, 0.6) is 0 Å². The number of halogens is 1. The molecule has 2 rings (SSSR count). The minimum Gasteiger partial charge on any atom is -0.439 e. The van der Waals surface area contributed by atoms with Gasteiger partial charge in [0.25, 0.3) is 5.91 Å². The second kappa shape index (κ2) is 8.03. The van der Waals surface area contributed by atoms with Crippen molar-refractivity contribution in [2.45, 2.75) is 19.3 Å². The van der Waals surface area contributed by atoms with Crippen LogP contribution in [0.2, 0.25) is 5.02 Å². The lowest BCUT2D eigenvalue weighted by atomic mass is 9.90. The summed E-state index contributed by atoms with van der Waals surface area (Å²) in [5.74, 6) is 0.259. The Balaban J connectivity index is 1.74. The summed E-state index contributed by atoms with van der Waals surface area (Å²) in [5.41, 5.74) is 1.27. The van der Waals surface area contributed by atoms with Gasteiger partial charge < -0.3 is 15.0 Å². The highest BCUT2D eigenvalue weighted by atomic mass is 35.5. The molecule has 1 fully saturated rings. The van der Waals surface area contributed by atoms with E-state index in [2.05, 4.69) is 5.32 Å². The molecule has 1 N–H and O–H groups in total. The second-order valence-corrected chi connectivity index (χ2v) is 5.93. The number of ether oxygens (including phenoxy) is 1. The maximum absolute atomic E-state index is 11.8. The van der Waals surface area contributed by atoms with Crippen LogP contribution in [0.4, 0.5) is 4.79 Å². The number of likely N-dealkylation sites (N-methyl/N-ethyl adjacent to an activating group) is 1. The molecule has 1 aromatic rings. The number of hydrogen-bond donors (Lipinski definition) is 1. The smallest absolute Gasteiger partial charge is 0.410 e. The van der Waals surface area contributed by atoms with Crippen molar-refractivity contribution in [1.29, 1.82) is 0 Å². The first kappa shape index (κ1) is 16.6. The van der Waals surface area contributed by atoms with Crippen molar-refractivity contribution in [3.05, 3.63) is 34.9 Å². The lowest BCUT2D eigenvalue weighted by Gasteiger charge is -2.31. The van der Waals surface area contributed by atoms with E-state index < -0.39 is 6.09 Å². The van der Waals surface area contributed by atoms with Crippen LogP contribution >= 0.6 is 11.6 Å². The monoisotopic (exact) mass is 324 g/mol. The topological polar surface area (TPSA) is 58.6 Å². The average Bonchev–Trinajstić information content (AvgIpc) is 2.55. The molecule has 0 unspecified atom stereocenters. The van der Waals surface area contributed by atoms with E-state index in [1.807, 2.05) is 24.3 Å². The van der Waals surface area contributed by atoms with Gasteiger partial charge in [0.05, 0.1) is 0 Å². The van der Waals surface area contributed by atoms with Crippen molar-refractivity contribution in [2.24, 2.45) is 5.92 Å². The minimum absolute atomic E-state index is 0.222. The summed E-state index contributed by atoms with van der Waals surface area (Å²) in [5, 5.41) is 3.17. The van der Waals surface area contributed by atoms with Crippen molar-refractivity contribution in [2.75, 3.05) is 26.7 Å². The number of nitrogens with one attached hydrogen (secondary N) is 1. The Morgan fingerprint density at radius 2 is 1.91 bits per heavy atom. The third kappa shape index (κ3) is 4.91. The van der Waals surface area contributed by atoms with Crippen LogP contribution in [0.1, 0.15) is 18.4 Å². The van der Waals surface area contributed by atoms with Crippen LogP contribution in [0.15, 0.2) is 24.3 Å². The van der Waals surface area contributed by atoms with E-state index in [0.29, 0.717) is 19.0 Å². The summed E-state index contributed by atoms with van der Waals surface area (Å²) in [7, 11) is 1.51. The Bertz CT molecular complexity index is 511. The highest BCUT2D eigenvalue weighted by Crippen LogP contribution is 2.22. The summed E-state index contributed by atoms with van der Waals surface area (Å²) in [4.78, 5) is 24.6. The Labute approximate surface area is 135 Å². The number of hydrogen-bond acceptors (Lipinski definition) is 3. The normalized spacial score (nSPS) is 15.5. The zero-order valence-corrected chi connectivity index (χ0v) is 13.4. The molecule has 0 aliphatic carbocycles. The van der Waals surface area contributed by atoms with Crippen LogP contribution < -0.4 is 5.32 Å². The van der Waals surface area contributed by atoms with Gasteiger partial charge in [-0.25, -0.2) is 4.79 Å². The maximum Gasteiger partial charge on any atom is 0.410 e. The van der Waals surface area contributed by atoms with Crippen LogP contribution in [-0.2, 0) is 16.0 Å². The molecule has 2 amide bonds. The SMILES string of the molecule is CNC(=O)COC(=O)N1CCC(Cc2ccc(Cl)cc2)CC1. The molecule has 1 heterocycles. The van der Waals surface area contributed by atoms with Gasteiger partial charge >= 0.3 is 6.09 Å². The lowest BCUT2D eigenvalue weighted by Crippen LogP contribution is -2.40. The number of amides is 2. The molecule has 1 aliphatic rings. The van der Waals surface area contributed by atoms with Gasteiger partial charge in [0, 0.05) is 25.2 Å². The van der Waals surface area contributed by atoms with Gasteiger partial charge in [0.15, 0.2) is 6.61 Å². The van der Waals surface area contributed by atoms with Gasteiger partial charge in [-0.15, -0.1) is 0 Å². The number of rotatable bonds is 4. The second-order valence-electron chi connectivity index (χ2n) is 5.49. The van der Waals surface area contributed by atoms with Crippen molar-refractivity contribution in [3.63, 3.8) is 0 Å². The van der Waals surface area contributed by atoms with E-state index in [0.717, 1.165) is 24.3 Å². The molecule has 1 aromatic carbocycles. The molecule has 5 nitrogen and oxygen atoms in total. The summed E-state index contributed by atoms with van der Waals surface area (Å²) in [6.45, 7) is 1.12. The van der Waals surface area contributed by atoms with Crippen molar-refractivity contribution in [3.8, 4) is 0 Å². The molecule has 1 saturated heterocycles. The summed E-state index contributed by atoms with van der Waals surface area (Å²) >= 11 is 5.88. The van der Waals surface area contributed by atoms with Gasteiger partial charge in [0.2, 0.25) is 0 Å². The Morgan fingerprint density at radius 3 is 2.50 bits per heavy atom. The van der Waals surface area contributed by atoms with Gasteiger partial charge in [-0.1, -0.05) is 23.7 Å². The first-order valence-corrected chi connectivity index (χ1v) is 7.83. The predicted octanol–water partition coefficient (Wildman–Crippen LogP) is 2.48. The zero-order valence-electron chi connectivity index (χ0n) is 12.7. The minimum atomic E-state index is -0.409. The van der Waals surface area contributed by atoms with E-state index in [4.69, 9.17) is 16.3 Å². The third-order valence-electron chi connectivity index (χ3n) is 3.92. The largest absolute Gasteiger partial charge is 0.439 e. The molecule has 6 heteroatoms. The quantitative estimate of drug-likeness (QED) is 0.925. The fourth-order valence-corrected chi connectivity index (χ4v) is 2.69. The molecular weight excluding hydrogens is 304 g/mol. The summed E-state index contributed by atoms with van der Waals surface area (Å²) < 4.78 is 4.96. The number of carbonyl (C=O) groups excluding carboxylic acids is 2. The molecule has 120 valence electrons. The number of carbonyl (C=O) groups is 2. The van der Waals surface area contributed by atoms with Crippen molar-refractivity contribution < 1.29 is 14.3 Å². The Hall–Kier alpha value is -1.75. The van der Waals surface area contributed by atoms with Crippen LogP contribution in [-0.4, -0.2) is 43.6 Å². The molecule has 0 atom stereocenters. The first-order chi connectivity index (χ1) is 10.6. The van der Waals surface area contributed by atoms with Gasteiger partial charge in [0.1, 0.15) is 0 Å². The van der Waals surface area contributed by atoms with Crippen molar-refractivity contribution >= 4 is 23.6 Å². The van der Waals surface area contributed by atoms with E-state index in [9.17, 15) is 9.59 Å². The molecule has 22 heavy (non-hydrogen) atoms. The van der Waals surface area contributed by atoms with Crippen LogP contribution in [0.3, 0.4) is 0 Å². The molecule has 0 saturated carbocycles. The average molecular weight is 325 g/mol. The number of benzene rings is 1. The van der Waals surface area contributed by atoms with Crippen LogP contribution in [0, 0.1) is 5.92 Å². The number of likely N-dealkylation sites (tertiary alicyclic amines) is 1. The number of piperidine rings is 1. The number of nitrogens with zero attached hydrogens (tertiary/aromatic N) is 1. The van der Waals surface area contributed by atoms with Crippen molar-refractivity contribution in [1.82, 2.24) is 10.2 Å². The van der Waals surface area contributed by atoms with E-state index in [1.54, 1.807) is 4.90 Å². The predicted molar refractivity (Wildman–Crippen MR) is 84.9 cm³/mol. The zero-order chi connectivity index (χ0) is 15.9. The van der Waals surface area contributed by atoms with E-state index in [1.165, 1.54) is 12.6 Å². The Morgan fingerprint density at radius 1 is 1.27 bits per heavy atom. The highest BCUT2D eigenvalue weighted by molar-refractivity contribution is 6.30. The molecule has 0 spiro atoms. The molecule has 0 bridgehead atoms. The van der Waals surface area contributed by atoms with Gasteiger partial charge in [-0.3, -0.25) is 4.79 Å². The van der Waals surface area contributed by atoms with Gasteiger partial charge in [-0.05, 0) is 42.9 Å². The highest BCUT2D eigenvalue weighted by Gasteiger charge is 2.24.